The van der Waals surface area contributed by atoms with E-state index in [4.69, 9.17) is 0 Å². The number of benzene rings is 3. The van der Waals surface area contributed by atoms with E-state index in [0.29, 0.717) is 11.3 Å². The predicted octanol–water partition coefficient (Wildman–Crippen LogP) is 4.19. The Morgan fingerprint density at radius 1 is 0.926 bits per heavy atom. The number of rotatable bonds is 5. The van der Waals surface area contributed by atoms with Gasteiger partial charge in [0, 0.05) is 11.3 Å². The number of hydrogen-bond donors (Lipinski definition) is 2. The van der Waals surface area contributed by atoms with Crippen LogP contribution in [0.1, 0.15) is 15.9 Å². The molecule has 0 fully saturated rings. The van der Waals surface area contributed by atoms with Crippen molar-refractivity contribution in [3.63, 3.8) is 0 Å². The Balaban J connectivity index is 1.75. The van der Waals surface area contributed by atoms with Gasteiger partial charge in [-0.15, -0.1) is 0 Å². The summed E-state index contributed by atoms with van der Waals surface area (Å²) >= 11 is 0. The van der Waals surface area contributed by atoms with Crippen LogP contribution < -0.4 is 10.0 Å². The molecule has 1 amide bonds. The van der Waals surface area contributed by atoms with Crippen molar-refractivity contribution in [3.05, 3.63) is 89.7 Å². The lowest BCUT2D eigenvalue weighted by atomic mass is 10.1. The molecule has 0 unspecified atom stereocenters. The zero-order valence-corrected chi connectivity index (χ0v) is 15.3. The maximum absolute atomic E-state index is 13.7. The minimum atomic E-state index is -3.94. The summed E-state index contributed by atoms with van der Waals surface area (Å²) in [5, 5.41) is 2.71. The third kappa shape index (κ3) is 4.51. The van der Waals surface area contributed by atoms with Crippen molar-refractivity contribution in [1.82, 2.24) is 0 Å². The molecule has 0 aliphatic carbocycles. The third-order valence-corrected chi connectivity index (χ3v) is 5.20. The molecule has 0 saturated carbocycles. The molecule has 138 valence electrons. The van der Waals surface area contributed by atoms with Crippen LogP contribution in [0.2, 0.25) is 0 Å². The van der Waals surface area contributed by atoms with Gasteiger partial charge >= 0.3 is 0 Å². The van der Waals surface area contributed by atoms with Crippen LogP contribution >= 0.6 is 0 Å². The van der Waals surface area contributed by atoms with E-state index >= 15 is 0 Å². The molecular formula is C20H17FN2O3S. The highest BCUT2D eigenvalue weighted by molar-refractivity contribution is 7.92. The number of carbonyl (C=O) groups is 1. The van der Waals surface area contributed by atoms with E-state index in [0.717, 1.165) is 5.56 Å². The van der Waals surface area contributed by atoms with Crippen molar-refractivity contribution in [2.45, 2.75) is 11.8 Å². The molecule has 3 rings (SSSR count). The van der Waals surface area contributed by atoms with Crippen molar-refractivity contribution in [1.29, 1.82) is 0 Å². The number of para-hydroxylation sites is 1. The summed E-state index contributed by atoms with van der Waals surface area (Å²) in [6.07, 6.45) is 0. The van der Waals surface area contributed by atoms with Gasteiger partial charge in [-0.3, -0.25) is 9.52 Å². The molecule has 2 N–H and O–H groups in total. The van der Waals surface area contributed by atoms with Gasteiger partial charge in [-0.05, 0) is 55.5 Å². The second kappa shape index (κ2) is 7.59. The Kier molecular flexibility index (Phi) is 5.23. The van der Waals surface area contributed by atoms with Crippen molar-refractivity contribution in [2.75, 3.05) is 10.0 Å². The monoisotopic (exact) mass is 384 g/mol. The SMILES string of the molecule is Cc1cccc(C(=O)Nc2ccc(S(=O)(=O)Nc3ccccc3F)cc2)c1. The Morgan fingerprint density at radius 3 is 2.30 bits per heavy atom. The van der Waals surface area contributed by atoms with Crippen molar-refractivity contribution >= 4 is 27.3 Å². The second-order valence-electron chi connectivity index (χ2n) is 5.93. The van der Waals surface area contributed by atoms with Crippen LogP contribution in [0, 0.1) is 12.7 Å². The zero-order chi connectivity index (χ0) is 19.4. The summed E-state index contributed by atoms with van der Waals surface area (Å²) in [5.74, 6) is -0.957. The average Bonchev–Trinajstić information content (AvgIpc) is 2.64. The molecule has 3 aromatic carbocycles. The summed E-state index contributed by atoms with van der Waals surface area (Å²) in [6, 6.07) is 18.3. The molecule has 0 aliphatic rings. The normalized spacial score (nSPS) is 11.0. The van der Waals surface area contributed by atoms with E-state index in [-0.39, 0.29) is 16.5 Å². The number of anilines is 2. The molecule has 7 heteroatoms. The number of sulfonamides is 1. The minimum absolute atomic E-state index is 0.0423. The fourth-order valence-electron chi connectivity index (χ4n) is 2.45. The van der Waals surface area contributed by atoms with E-state index in [1.54, 1.807) is 18.2 Å². The highest BCUT2D eigenvalue weighted by Gasteiger charge is 2.16. The lowest BCUT2D eigenvalue weighted by Gasteiger charge is -2.10. The van der Waals surface area contributed by atoms with Crippen LogP contribution in [0.25, 0.3) is 0 Å². The Labute approximate surface area is 156 Å². The molecule has 0 heterocycles. The molecule has 0 bridgehead atoms. The molecule has 0 spiro atoms. The van der Waals surface area contributed by atoms with Gasteiger partial charge in [0.25, 0.3) is 15.9 Å². The fourth-order valence-corrected chi connectivity index (χ4v) is 3.52. The molecule has 3 aromatic rings. The van der Waals surface area contributed by atoms with E-state index in [1.807, 2.05) is 13.0 Å². The van der Waals surface area contributed by atoms with Crippen LogP contribution in [0.15, 0.2) is 77.7 Å². The van der Waals surface area contributed by atoms with Crippen molar-refractivity contribution in [2.24, 2.45) is 0 Å². The van der Waals surface area contributed by atoms with Gasteiger partial charge in [-0.1, -0.05) is 29.8 Å². The predicted molar refractivity (Wildman–Crippen MR) is 103 cm³/mol. The number of carbonyl (C=O) groups excluding carboxylic acids is 1. The van der Waals surface area contributed by atoms with E-state index in [2.05, 4.69) is 10.0 Å². The summed E-state index contributed by atoms with van der Waals surface area (Å²) in [5.41, 5.74) is 1.79. The number of halogens is 1. The lowest BCUT2D eigenvalue weighted by molar-refractivity contribution is 0.102. The van der Waals surface area contributed by atoms with Gasteiger partial charge in [0.15, 0.2) is 0 Å². The average molecular weight is 384 g/mol. The van der Waals surface area contributed by atoms with Crippen LogP contribution in [0.3, 0.4) is 0 Å². The first-order chi connectivity index (χ1) is 12.8. The fraction of sp³-hybridized carbons (Fsp3) is 0.0500. The summed E-state index contributed by atoms with van der Waals surface area (Å²) < 4.78 is 40.6. The van der Waals surface area contributed by atoms with Crippen molar-refractivity contribution in [3.8, 4) is 0 Å². The van der Waals surface area contributed by atoms with E-state index < -0.39 is 15.8 Å². The molecule has 0 atom stereocenters. The Bertz CT molecular complexity index is 1080. The summed E-state index contributed by atoms with van der Waals surface area (Å²) in [4.78, 5) is 12.2. The van der Waals surface area contributed by atoms with E-state index in [9.17, 15) is 17.6 Å². The van der Waals surface area contributed by atoms with Gasteiger partial charge in [0.1, 0.15) is 5.82 Å². The Morgan fingerprint density at radius 2 is 1.63 bits per heavy atom. The van der Waals surface area contributed by atoms with Gasteiger partial charge in [-0.25, -0.2) is 12.8 Å². The van der Waals surface area contributed by atoms with Gasteiger partial charge < -0.3 is 5.32 Å². The highest BCUT2D eigenvalue weighted by atomic mass is 32.2. The van der Waals surface area contributed by atoms with Crippen LogP contribution in [0.5, 0.6) is 0 Å². The molecule has 0 aromatic heterocycles. The lowest BCUT2D eigenvalue weighted by Crippen LogP contribution is -2.15. The van der Waals surface area contributed by atoms with Gasteiger partial charge in [0.05, 0.1) is 10.6 Å². The molecule has 0 aliphatic heterocycles. The maximum atomic E-state index is 13.7. The summed E-state index contributed by atoms with van der Waals surface area (Å²) in [7, 11) is -3.94. The van der Waals surface area contributed by atoms with Gasteiger partial charge in [0.2, 0.25) is 0 Å². The number of aryl methyl sites for hydroxylation is 1. The maximum Gasteiger partial charge on any atom is 0.261 e. The second-order valence-corrected chi connectivity index (χ2v) is 7.62. The summed E-state index contributed by atoms with van der Waals surface area (Å²) in [6.45, 7) is 1.89. The minimum Gasteiger partial charge on any atom is -0.322 e. The van der Waals surface area contributed by atoms with Crippen LogP contribution in [-0.4, -0.2) is 14.3 Å². The first-order valence-corrected chi connectivity index (χ1v) is 9.59. The smallest absolute Gasteiger partial charge is 0.261 e. The van der Waals surface area contributed by atoms with Crippen molar-refractivity contribution < 1.29 is 17.6 Å². The molecule has 27 heavy (non-hydrogen) atoms. The number of hydrogen-bond acceptors (Lipinski definition) is 3. The molecule has 0 radical (unpaired) electrons. The third-order valence-electron chi connectivity index (χ3n) is 3.82. The first kappa shape index (κ1) is 18.6. The molecule has 5 nitrogen and oxygen atoms in total. The number of nitrogens with one attached hydrogen (secondary N) is 2. The molecule has 0 saturated heterocycles. The zero-order valence-electron chi connectivity index (χ0n) is 14.4. The van der Waals surface area contributed by atoms with Gasteiger partial charge in [-0.2, -0.15) is 0 Å². The Hall–Kier alpha value is -3.19. The van der Waals surface area contributed by atoms with E-state index in [1.165, 1.54) is 48.5 Å². The topological polar surface area (TPSA) is 75.3 Å². The standard InChI is InChI=1S/C20H17FN2O3S/c1-14-5-4-6-15(13-14)20(24)22-16-9-11-17(12-10-16)27(25,26)23-19-8-3-2-7-18(19)21/h2-13,23H,1H3,(H,22,24). The number of amides is 1. The largest absolute Gasteiger partial charge is 0.322 e. The molecular weight excluding hydrogens is 367 g/mol. The van der Waals surface area contributed by atoms with Crippen LogP contribution in [-0.2, 0) is 10.0 Å². The first-order valence-electron chi connectivity index (χ1n) is 8.10. The highest BCUT2D eigenvalue weighted by Crippen LogP contribution is 2.20. The van der Waals surface area contributed by atoms with Crippen LogP contribution in [0.4, 0.5) is 15.8 Å². The quantitative estimate of drug-likeness (QED) is 0.693.